The van der Waals surface area contributed by atoms with Crippen LogP contribution in [0.4, 0.5) is 0 Å². The van der Waals surface area contributed by atoms with Gasteiger partial charge in [-0.3, -0.25) is 0 Å². The highest BCUT2D eigenvalue weighted by Gasteiger charge is 1.96. The van der Waals surface area contributed by atoms with Crippen LogP contribution in [-0.2, 0) is 5.75 Å². The molecule has 0 N–H and O–H groups in total. The van der Waals surface area contributed by atoms with E-state index >= 15 is 0 Å². The number of thioether (sulfide) groups is 1. The smallest absolute Gasteiger partial charge is 0.0291 e. The summed E-state index contributed by atoms with van der Waals surface area (Å²) in [6.45, 7) is 2.13. The second-order valence-electron chi connectivity index (χ2n) is 4.61. The normalized spacial score (nSPS) is 14.8. The third-order valence-corrected chi connectivity index (χ3v) is 5.85. The maximum Gasteiger partial charge on any atom is 0.0291 e. The van der Waals surface area contributed by atoms with Gasteiger partial charge in [0, 0.05) is 16.4 Å². The number of allylic oxidation sites excluding steroid dienone is 3. The van der Waals surface area contributed by atoms with Gasteiger partial charge in [0.2, 0.25) is 0 Å². The van der Waals surface area contributed by atoms with Gasteiger partial charge >= 0.3 is 0 Å². The number of benzene rings is 1. The molecule has 1 aliphatic carbocycles. The minimum atomic E-state index is 1.06. The summed E-state index contributed by atoms with van der Waals surface area (Å²) < 4.78 is 0. The second kappa shape index (κ2) is 9.43. The lowest BCUT2D eigenvalue weighted by Gasteiger charge is -2.03. The molecule has 0 radical (unpaired) electrons. The Labute approximate surface area is 134 Å². The molecule has 0 aromatic heterocycles. The van der Waals surface area contributed by atoms with E-state index in [9.17, 15) is 0 Å². The zero-order valence-electron chi connectivity index (χ0n) is 11.7. The molecule has 3 heteroatoms. The van der Waals surface area contributed by atoms with Crippen molar-refractivity contribution in [3.8, 4) is 0 Å². The Bertz CT molecular complexity index is 483. The van der Waals surface area contributed by atoms with Crippen molar-refractivity contribution >= 4 is 33.3 Å². The van der Waals surface area contributed by atoms with Crippen LogP contribution in [-0.4, -0.2) is 5.75 Å². The lowest BCUT2D eigenvalue weighted by Crippen LogP contribution is -1.80. The molecule has 106 valence electrons. The van der Waals surface area contributed by atoms with E-state index in [0.717, 1.165) is 11.5 Å². The lowest BCUT2D eigenvalue weighted by atomic mass is 10.2. The number of aryl methyl sites for hydroxylation is 1. The molecule has 0 nitrogen and oxygen atoms in total. The Hall–Kier alpha value is -0.510. The predicted molar refractivity (Wildman–Crippen MR) is 98.1 cm³/mol. The minimum Gasteiger partial charge on any atom is -0.122 e. The van der Waals surface area contributed by atoms with Crippen molar-refractivity contribution in [1.82, 2.24) is 0 Å². The van der Waals surface area contributed by atoms with E-state index in [1.807, 2.05) is 33.3 Å². The average molecular weight is 321 g/mol. The van der Waals surface area contributed by atoms with Gasteiger partial charge in [-0.15, -0.1) is 11.8 Å². The van der Waals surface area contributed by atoms with Crippen LogP contribution in [0.15, 0.2) is 58.9 Å². The largest absolute Gasteiger partial charge is 0.122 e. The molecule has 0 amide bonds. The molecule has 2 rings (SSSR count). The van der Waals surface area contributed by atoms with Crippen LogP contribution in [0, 0.1) is 6.92 Å². The molecule has 0 bridgehead atoms. The van der Waals surface area contributed by atoms with Gasteiger partial charge in [0.05, 0.1) is 0 Å². The highest BCUT2D eigenvalue weighted by Crippen LogP contribution is 2.28. The quantitative estimate of drug-likeness (QED) is 0.424. The Morgan fingerprint density at radius 1 is 1.15 bits per heavy atom. The topological polar surface area (TPSA) is 0 Å². The molecule has 0 aliphatic heterocycles. The Morgan fingerprint density at radius 3 is 2.75 bits per heavy atom. The first-order valence-corrected chi connectivity index (χ1v) is 10.2. The van der Waals surface area contributed by atoms with Crippen LogP contribution in [0.5, 0.6) is 0 Å². The van der Waals surface area contributed by atoms with Gasteiger partial charge in [0.15, 0.2) is 0 Å². The fraction of sp³-hybridized carbons (Fsp3) is 0.294. The molecule has 0 spiro atoms. The lowest BCUT2D eigenvalue weighted by molar-refractivity contribution is 1.03. The number of rotatable bonds is 7. The van der Waals surface area contributed by atoms with Crippen molar-refractivity contribution < 1.29 is 0 Å². The molecule has 0 atom stereocenters. The summed E-state index contributed by atoms with van der Waals surface area (Å²) in [7, 11) is 3.71. The van der Waals surface area contributed by atoms with E-state index in [1.54, 1.807) is 0 Å². The summed E-state index contributed by atoms with van der Waals surface area (Å²) in [6.07, 6.45) is 11.5. The van der Waals surface area contributed by atoms with Gasteiger partial charge in [0.25, 0.3) is 0 Å². The molecule has 0 unspecified atom stereocenters. The molecule has 0 fully saturated rings. The molecular formula is C17H20S3. The maximum absolute atomic E-state index is 2.33. The number of hydrogen-bond acceptors (Lipinski definition) is 3. The molecule has 0 saturated heterocycles. The maximum atomic E-state index is 2.33. The third-order valence-electron chi connectivity index (χ3n) is 2.87. The summed E-state index contributed by atoms with van der Waals surface area (Å²) in [5.74, 6) is 2.13. The molecule has 0 saturated carbocycles. The van der Waals surface area contributed by atoms with Gasteiger partial charge in [-0.05, 0) is 30.7 Å². The van der Waals surface area contributed by atoms with Crippen molar-refractivity contribution in [3.63, 3.8) is 0 Å². The van der Waals surface area contributed by atoms with Crippen LogP contribution in [0.2, 0.25) is 0 Å². The summed E-state index contributed by atoms with van der Waals surface area (Å²) >= 11 is 1.92. The molecule has 1 aromatic carbocycles. The van der Waals surface area contributed by atoms with Gasteiger partial charge in [-0.2, -0.15) is 0 Å². The Balaban J connectivity index is 1.56. The minimum absolute atomic E-state index is 1.06. The number of hydrogen-bond donors (Lipinski definition) is 0. The van der Waals surface area contributed by atoms with Gasteiger partial charge in [0.1, 0.15) is 0 Å². The van der Waals surface area contributed by atoms with Crippen molar-refractivity contribution in [2.24, 2.45) is 0 Å². The van der Waals surface area contributed by atoms with Crippen LogP contribution in [0.25, 0.3) is 0 Å². The van der Waals surface area contributed by atoms with Gasteiger partial charge in [-0.1, -0.05) is 75.7 Å². The fourth-order valence-electron chi connectivity index (χ4n) is 1.74. The summed E-state index contributed by atoms with van der Waals surface area (Å²) in [4.78, 5) is 1.42. The highest BCUT2D eigenvalue weighted by molar-refractivity contribution is 8.77. The van der Waals surface area contributed by atoms with Gasteiger partial charge in [-0.25, -0.2) is 0 Å². The van der Waals surface area contributed by atoms with E-state index < -0.39 is 0 Å². The highest BCUT2D eigenvalue weighted by atomic mass is 33.1. The van der Waals surface area contributed by atoms with E-state index in [1.165, 1.54) is 28.9 Å². The SMILES string of the molecule is Cc1ccc(CSS/C=C/CSC2=CCCC=C2)cc1. The standard InChI is InChI=1S/C17H20S3/c1-15-8-10-16(11-9-15)14-20-19-13-5-12-18-17-6-3-2-4-7-17/h3,5-11,13H,2,4,12,14H2,1H3/b13-5+. The average Bonchev–Trinajstić information content (AvgIpc) is 2.49. The van der Waals surface area contributed by atoms with E-state index in [0.29, 0.717) is 0 Å². The first-order chi connectivity index (χ1) is 9.84. The first-order valence-electron chi connectivity index (χ1n) is 6.83. The molecular weight excluding hydrogens is 300 g/mol. The molecule has 1 aromatic rings. The van der Waals surface area contributed by atoms with E-state index in [-0.39, 0.29) is 0 Å². The van der Waals surface area contributed by atoms with E-state index in [2.05, 4.69) is 60.9 Å². The van der Waals surface area contributed by atoms with Crippen LogP contribution < -0.4 is 0 Å². The van der Waals surface area contributed by atoms with Crippen LogP contribution >= 0.6 is 33.3 Å². The fourth-order valence-corrected chi connectivity index (χ4v) is 4.41. The van der Waals surface area contributed by atoms with Crippen molar-refractivity contribution in [1.29, 1.82) is 0 Å². The molecule has 1 aliphatic rings. The first kappa shape index (κ1) is 15.9. The third kappa shape index (κ3) is 6.29. The van der Waals surface area contributed by atoms with Crippen molar-refractivity contribution in [3.05, 3.63) is 70.0 Å². The predicted octanol–water partition coefficient (Wildman–Crippen LogP) is 6.36. The summed E-state index contributed by atoms with van der Waals surface area (Å²) in [5, 5.41) is 2.21. The second-order valence-corrected chi connectivity index (χ2v) is 7.98. The Kier molecular flexibility index (Phi) is 7.48. The molecule has 20 heavy (non-hydrogen) atoms. The summed E-state index contributed by atoms with van der Waals surface area (Å²) in [5.41, 5.74) is 2.72. The van der Waals surface area contributed by atoms with Crippen LogP contribution in [0.3, 0.4) is 0 Å². The van der Waals surface area contributed by atoms with E-state index in [4.69, 9.17) is 0 Å². The van der Waals surface area contributed by atoms with Gasteiger partial charge < -0.3 is 0 Å². The van der Waals surface area contributed by atoms with Crippen molar-refractivity contribution in [2.75, 3.05) is 5.75 Å². The summed E-state index contributed by atoms with van der Waals surface area (Å²) in [6, 6.07) is 8.78. The zero-order valence-corrected chi connectivity index (χ0v) is 14.2. The molecule has 0 heterocycles. The van der Waals surface area contributed by atoms with Crippen LogP contribution in [0.1, 0.15) is 24.0 Å². The Morgan fingerprint density at radius 2 is 2.00 bits per heavy atom. The monoisotopic (exact) mass is 320 g/mol. The zero-order chi connectivity index (χ0) is 14.0. The van der Waals surface area contributed by atoms with Crippen molar-refractivity contribution in [2.45, 2.75) is 25.5 Å².